The smallest absolute Gasteiger partial charge is 0.171 e. The molecule has 1 aromatic rings. The molecule has 0 aromatic heterocycles. The van der Waals surface area contributed by atoms with Crippen molar-refractivity contribution in [1.82, 2.24) is 5.32 Å². The Labute approximate surface area is 176 Å². The van der Waals surface area contributed by atoms with E-state index in [0.29, 0.717) is 5.92 Å². The summed E-state index contributed by atoms with van der Waals surface area (Å²) in [5, 5.41) is 3.61. The molecule has 152 valence electrons. The largest absolute Gasteiger partial charge is 0.493 e. The fourth-order valence-corrected chi connectivity index (χ4v) is 5.00. The summed E-state index contributed by atoms with van der Waals surface area (Å²) in [5.74, 6) is 1.87. The molecule has 1 saturated heterocycles. The number of ether oxygens (including phenoxy) is 4. The first-order valence-corrected chi connectivity index (χ1v) is 11.2. The zero-order chi connectivity index (χ0) is 19.1. The van der Waals surface area contributed by atoms with E-state index in [2.05, 4.69) is 34.0 Å². The molecule has 1 spiro atoms. The molecule has 0 bridgehead atoms. The minimum absolute atomic E-state index is 0.268. The van der Waals surface area contributed by atoms with Crippen molar-refractivity contribution >= 4 is 22.6 Å². The van der Waals surface area contributed by atoms with Crippen LogP contribution in [0.2, 0.25) is 0 Å². The zero-order valence-corrected chi connectivity index (χ0v) is 18.7. The zero-order valence-electron chi connectivity index (χ0n) is 16.5. The molecular formula is C21H32INO4. The van der Waals surface area contributed by atoms with E-state index in [1.807, 2.05) is 6.07 Å². The van der Waals surface area contributed by atoms with Crippen LogP contribution in [-0.4, -0.2) is 46.3 Å². The average molecular weight is 489 g/mol. The van der Waals surface area contributed by atoms with Gasteiger partial charge < -0.3 is 24.3 Å². The number of nitrogens with one attached hydrogen (secondary N) is 1. The highest BCUT2D eigenvalue weighted by atomic mass is 127. The Kier molecular flexibility index (Phi) is 8.05. The predicted octanol–water partition coefficient (Wildman–Crippen LogP) is 4.15. The van der Waals surface area contributed by atoms with Gasteiger partial charge in [0.05, 0.1) is 27.4 Å². The Hall–Kier alpha value is -0.570. The van der Waals surface area contributed by atoms with E-state index in [0.717, 1.165) is 63.5 Å². The van der Waals surface area contributed by atoms with Crippen molar-refractivity contribution in [1.29, 1.82) is 0 Å². The van der Waals surface area contributed by atoms with E-state index < -0.39 is 0 Å². The summed E-state index contributed by atoms with van der Waals surface area (Å²) in [6, 6.07) is 4.15. The molecule has 0 amide bonds. The number of hydrogen-bond acceptors (Lipinski definition) is 5. The van der Waals surface area contributed by atoms with Gasteiger partial charge in [0.1, 0.15) is 0 Å². The SMILES string of the molecule is COc1cc(I)c(CCCNCCC2CCCCC23OCCO3)cc1OC. The lowest BCUT2D eigenvalue weighted by molar-refractivity contribution is -0.213. The average Bonchev–Trinajstić information content (AvgIpc) is 3.15. The summed E-state index contributed by atoms with van der Waals surface area (Å²) in [6.07, 6.45) is 8.10. The van der Waals surface area contributed by atoms with Gasteiger partial charge in [-0.05, 0) is 85.5 Å². The van der Waals surface area contributed by atoms with Crippen LogP contribution in [0.4, 0.5) is 0 Å². The van der Waals surface area contributed by atoms with Gasteiger partial charge >= 0.3 is 0 Å². The molecule has 0 radical (unpaired) electrons. The molecule has 6 heteroatoms. The number of methoxy groups -OCH3 is 2. The molecule has 2 aliphatic rings. The van der Waals surface area contributed by atoms with Crippen LogP contribution in [0.3, 0.4) is 0 Å². The van der Waals surface area contributed by atoms with E-state index in [9.17, 15) is 0 Å². The highest BCUT2D eigenvalue weighted by molar-refractivity contribution is 14.1. The number of benzene rings is 1. The topological polar surface area (TPSA) is 49.0 Å². The van der Waals surface area contributed by atoms with Crippen LogP contribution >= 0.6 is 22.6 Å². The Morgan fingerprint density at radius 3 is 2.59 bits per heavy atom. The minimum atomic E-state index is -0.268. The van der Waals surface area contributed by atoms with Gasteiger partial charge in [-0.1, -0.05) is 6.42 Å². The summed E-state index contributed by atoms with van der Waals surface area (Å²) < 4.78 is 24.0. The lowest BCUT2D eigenvalue weighted by atomic mass is 9.81. The molecule has 27 heavy (non-hydrogen) atoms. The third-order valence-electron chi connectivity index (χ3n) is 5.75. The van der Waals surface area contributed by atoms with Gasteiger partial charge in [0.25, 0.3) is 0 Å². The van der Waals surface area contributed by atoms with Gasteiger partial charge in [-0.15, -0.1) is 0 Å². The van der Waals surface area contributed by atoms with Crippen molar-refractivity contribution in [3.05, 3.63) is 21.3 Å². The summed E-state index contributed by atoms with van der Waals surface area (Å²) in [6.45, 7) is 3.57. The standard InChI is InChI=1S/C21H32INO4/c1-24-19-14-16(18(22)15-20(19)25-2)6-5-10-23-11-8-17-7-3-4-9-21(17)26-12-13-27-21/h14-15,17,23H,3-13H2,1-2H3. The van der Waals surface area contributed by atoms with Gasteiger partial charge in [0.15, 0.2) is 17.3 Å². The van der Waals surface area contributed by atoms with Crippen LogP contribution in [-0.2, 0) is 15.9 Å². The quantitative estimate of drug-likeness (QED) is 0.417. The minimum Gasteiger partial charge on any atom is -0.493 e. The first-order valence-electron chi connectivity index (χ1n) is 10.1. The third-order valence-corrected chi connectivity index (χ3v) is 6.75. The van der Waals surface area contributed by atoms with Gasteiger partial charge in [-0.3, -0.25) is 0 Å². The van der Waals surface area contributed by atoms with E-state index in [4.69, 9.17) is 18.9 Å². The molecule has 1 unspecified atom stereocenters. The molecule has 3 rings (SSSR count). The number of rotatable bonds is 9. The number of aryl methyl sites for hydroxylation is 1. The lowest BCUT2D eigenvalue weighted by Crippen LogP contribution is -2.43. The van der Waals surface area contributed by atoms with E-state index in [-0.39, 0.29) is 5.79 Å². The maximum Gasteiger partial charge on any atom is 0.171 e. The maximum absolute atomic E-state index is 6.01. The lowest BCUT2D eigenvalue weighted by Gasteiger charge is -2.39. The van der Waals surface area contributed by atoms with E-state index in [1.165, 1.54) is 28.4 Å². The normalized spacial score (nSPS) is 21.5. The van der Waals surface area contributed by atoms with E-state index >= 15 is 0 Å². The van der Waals surface area contributed by atoms with Crippen molar-refractivity contribution in [2.45, 2.75) is 50.7 Å². The van der Waals surface area contributed by atoms with Crippen LogP contribution in [0.1, 0.15) is 44.1 Å². The second-order valence-corrected chi connectivity index (χ2v) is 8.55. The van der Waals surface area contributed by atoms with Crippen molar-refractivity contribution in [2.75, 3.05) is 40.5 Å². The summed E-state index contributed by atoms with van der Waals surface area (Å²) in [5.41, 5.74) is 1.31. The monoisotopic (exact) mass is 489 g/mol. The van der Waals surface area contributed by atoms with Crippen molar-refractivity contribution < 1.29 is 18.9 Å². The molecule has 1 N–H and O–H groups in total. The summed E-state index contributed by atoms with van der Waals surface area (Å²) in [7, 11) is 3.36. The van der Waals surface area contributed by atoms with Gasteiger partial charge in [0, 0.05) is 15.9 Å². The van der Waals surface area contributed by atoms with E-state index in [1.54, 1.807) is 14.2 Å². The molecule has 2 fully saturated rings. The van der Waals surface area contributed by atoms with Crippen molar-refractivity contribution in [2.24, 2.45) is 5.92 Å². The number of halogens is 1. The summed E-state index contributed by atoms with van der Waals surface area (Å²) in [4.78, 5) is 0. The molecule has 1 aliphatic heterocycles. The molecule has 1 aromatic carbocycles. The van der Waals surface area contributed by atoms with Crippen LogP contribution in [0.15, 0.2) is 12.1 Å². The van der Waals surface area contributed by atoms with Crippen LogP contribution < -0.4 is 14.8 Å². The predicted molar refractivity (Wildman–Crippen MR) is 115 cm³/mol. The fraction of sp³-hybridized carbons (Fsp3) is 0.714. The van der Waals surface area contributed by atoms with Gasteiger partial charge in [-0.2, -0.15) is 0 Å². The van der Waals surface area contributed by atoms with Crippen LogP contribution in [0.25, 0.3) is 0 Å². The van der Waals surface area contributed by atoms with Gasteiger partial charge in [0.2, 0.25) is 0 Å². The van der Waals surface area contributed by atoms with Crippen LogP contribution in [0.5, 0.6) is 11.5 Å². The van der Waals surface area contributed by atoms with Gasteiger partial charge in [-0.25, -0.2) is 0 Å². The van der Waals surface area contributed by atoms with Crippen molar-refractivity contribution in [3.63, 3.8) is 0 Å². The Morgan fingerprint density at radius 2 is 1.85 bits per heavy atom. The molecular weight excluding hydrogens is 457 g/mol. The third kappa shape index (κ3) is 5.28. The molecule has 1 aliphatic carbocycles. The Bertz CT molecular complexity index is 604. The highest BCUT2D eigenvalue weighted by Crippen LogP contribution is 2.41. The van der Waals surface area contributed by atoms with Crippen LogP contribution in [0, 0.1) is 9.49 Å². The molecule has 5 nitrogen and oxygen atoms in total. The Morgan fingerprint density at radius 1 is 1.11 bits per heavy atom. The second kappa shape index (κ2) is 10.3. The molecule has 1 atom stereocenters. The molecule has 1 heterocycles. The van der Waals surface area contributed by atoms with Crippen molar-refractivity contribution in [3.8, 4) is 11.5 Å². The fourth-order valence-electron chi connectivity index (χ4n) is 4.29. The highest BCUT2D eigenvalue weighted by Gasteiger charge is 2.45. The molecule has 1 saturated carbocycles. The summed E-state index contributed by atoms with van der Waals surface area (Å²) >= 11 is 2.37. The number of hydrogen-bond donors (Lipinski definition) is 1. The Balaban J connectivity index is 1.39. The second-order valence-electron chi connectivity index (χ2n) is 7.39. The first-order chi connectivity index (χ1) is 13.2. The maximum atomic E-state index is 6.01. The first kappa shape index (κ1) is 21.1.